The number of thioether (sulfide) groups is 1. The molecule has 1 atom stereocenters. The first kappa shape index (κ1) is 23.2. The molecular weight excluding hydrogens is 456 g/mol. The highest BCUT2D eigenvalue weighted by atomic mass is 32.2. The van der Waals surface area contributed by atoms with Crippen LogP contribution in [-0.2, 0) is 14.3 Å². The maximum absolute atomic E-state index is 13.1. The van der Waals surface area contributed by atoms with Crippen molar-refractivity contribution in [1.82, 2.24) is 4.90 Å². The molecule has 3 heterocycles. The summed E-state index contributed by atoms with van der Waals surface area (Å²) in [6.07, 6.45) is -0.338. The van der Waals surface area contributed by atoms with E-state index in [1.54, 1.807) is 62.1 Å². The Morgan fingerprint density at radius 3 is 2.53 bits per heavy atom. The summed E-state index contributed by atoms with van der Waals surface area (Å²) in [5.41, 5.74) is 8.16. The van der Waals surface area contributed by atoms with Gasteiger partial charge >= 0.3 is 11.9 Å². The average molecular weight is 479 g/mol. The van der Waals surface area contributed by atoms with Crippen LogP contribution in [0, 0.1) is 11.3 Å². The van der Waals surface area contributed by atoms with Crippen molar-refractivity contribution >= 4 is 28.9 Å². The van der Waals surface area contributed by atoms with Gasteiger partial charge in [0.1, 0.15) is 34.4 Å². The number of aliphatic imine (C=N–C) groups is 1. The molecule has 9 nitrogen and oxygen atoms in total. The zero-order chi connectivity index (χ0) is 24.6. The summed E-state index contributed by atoms with van der Waals surface area (Å²) in [4.78, 5) is 31.2. The number of benzene rings is 1. The standard InChI is InChI=1S/C24H22N4O5S/c1-12(2)32-23(30)19-13(3)27-24-28(21(26)18(11-25)34-24)20(19)17-10-9-16(33-17)14-5-7-15(8-6-14)22(29)31-4/h5-10,12,20H,26H2,1-4H3/t20-/m1/s1. The highest BCUT2D eigenvalue weighted by Crippen LogP contribution is 2.46. The Hall–Kier alpha value is -3.97. The Balaban J connectivity index is 1.77. The number of carbonyl (C=O) groups is 2. The Bertz CT molecular complexity index is 1300. The zero-order valence-corrected chi connectivity index (χ0v) is 19.8. The van der Waals surface area contributed by atoms with Crippen LogP contribution in [0.15, 0.2) is 67.8 Å². The molecule has 0 fully saturated rings. The molecule has 0 aliphatic carbocycles. The highest BCUT2D eigenvalue weighted by molar-refractivity contribution is 8.17. The number of esters is 2. The quantitative estimate of drug-likeness (QED) is 0.632. The Kier molecular flexibility index (Phi) is 6.22. The van der Waals surface area contributed by atoms with Gasteiger partial charge in [0.2, 0.25) is 0 Å². The molecule has 0 saturated heterocycles. The monoisotopic (exact) mass is 478 g/mol. The first-order valence-corrected chi connectivity index (χ1v) is 11.2. The van der Waals surface area contributed by atoms with Crippen LogP contribution < -0.4 is 5.73 Å². The van der Waals surface area contributed by atoms with Crippen molar-refractivity contribution in [3.63, 3.8) is 0 Å². The third kappa shape index (κ3) is 4.06. The van der Waals surface area contributed by atoms with Gasteiger partial charge in [0, 0.05) is 5.56 Å². The number of amidine groups is 1. The van der Waals surface area contributed by atoms with Crippen molar-refractivity contribution in [3.8, 4) is 17.4 Å². The van der Waals surface area contributed by atoms with E-state index in [0.29, 0.717) is 32.9 Å². The van der Waals surface area contributed by atoms with Crippen LogP contribution in [0.2, 0.25) is 0 Å². The topological polar surface area (TPSA) is 131 Å². The first-order chi connectivity index (χ1) is 16.2. The number of nitrogens with zero attached hydrogens (tertiary/aromatic N) is 3. The maximum Gasteiger partial charge on any atom is 0.338 e. The second-order valence-corrected chi connectivity index (χ2v) is 8.80. The van der Waals surface area contributed by atoms with Gasteiger partial charge in [-0.2, -0.15) is 5.26 Å². The van der Waals surface area contributed by atoms with Gasteiger partial charge in [-0.25, -0.2) is 14.6 Å². The largest absolute Gasteiger partial charge is 0.465 e. The number of rotatable bonds is 5. The van der Waals surface area contributed by atoms with Gasteiger partial charge in [0.05, 0.1) is 30.0 Å². The SMILES string of the molecule is COC(=O)c1ccc(-c2ccc([C@@H]3C(C(=O)OC(C)C)=C(C)N=C4SC(C#N)=C(N)N43)o2)cc1. The van der Waals surface area contributed by atoms with E-state index in [2.05, 4.69) is 11.1 Å². The fourth-order valence-corrected chi connectivity index (χ4v) is 4.61. The van der Waals surface area contributed by atoms with E-state index in [1.807, 2.05) is 0 Å². The number of furan rings is 1. The highest BCUT2D eigenvalue weighted by Gasteiger charge is 2.44. The molecule has 4 rings (SSSR count). The van der Waals surface area contributed by atoms with Gasteiger partial charge in [-0.1, -0.05) is 12.1 Å². The molecule has 10 heteroatoms. The van der Waals surface area contributed by atoms with E-state index in [9.17, 15) is 14.9 Å². The van der Waals surface area contributed by atoms with Crippen LogP contribution in [0.4, 0.5) is 0 Å². The second-order valence-electron chi connectivity index (χ2n) is 7.82. The van der Waals surface area contributed by atoms with Crippen LogP contribution in [0.3, 0.4) is 0 Å². The van der Waals surface area contributed by atoms with Crippen molar-refractivity contribution < 1.29 is 23.5 Å². The summed E-state index contributed by atoms with van der Waals surface area (Å²) in [5, 5.41) is 9.96. The third-order valence-electron chi connectivity index (χ3n) is 5.23. The van der Waals surface area contributed by atoms with Gasteiger partial charge in [-0.15, -0.1) is 0 Å². The number of allylic oxidation sites excluding steroid dienone is 2. The van der Waals surface area contributed by atoms with Crippen molar-refractivity contribution in [2.45, 2.75) is 32.9 Å². The molecule has 2 N–H and O–H groups in total. The summed E-state index contributed by atoms with van der Waals surface area (Å²) >= 11 is 1.14. The number of methoxy groups -OCH3 is 1. The number of hydrogen-bond acceptors (Lipinski definition) is 10. The molecule has 1 aromatic carbocycles. The second kappa shape index (κ2) is 9.11. The third-order valence-corrected chi connectivity index (χ3v) is 6.20. The number of nitriles is 1. The van der Waals surface area contributed by atoms with Gasteiger partial charge in [0.25, 0.3) is 0 Å². The van der Waals surface area contributed by atoms with Gasteiger partial charge in [-0.3, -0.25) is 4.90 Å². The molecule has 34 heavy (non-hydrogen) atoms. The fourth-order valence-electron chi connectivity index (χ4n) is 3.69. The molecule has 0 radical (unpaired) electrons. The van der Waals surface area contributed by atoms with Gasteiger partial charge < -0.3 is 19.6 Å². The van der Waals surface area contributed by atoms with E-state index < -0.39 is 18.0 Å². The van der Waals surface area contributed by atoms with Crippen LogP contribution in [0.1, 0.15) is 42.9 Å². The molecule has 2 aromatic rings. The van der Waals surface area contributed by atoms with Crippen molar-refractivity contribution in [2.75, 3.05) is 7.11 Å². The molecule has 0 spiro atoms. The molecular formula is C24H22N4O5S. The minimum absolute atomic E-state index is 0.193. The van der Waals surface area contributed by atoms with E-state index >= 15 is 0 Å². The molecule has 0 bridgehead atoms. The lowest BCUT2D eigenvalue weighted by Crippen LogP contribution is -2.38. The van der Waals surface area contributed by atoms with Crippen LogP contribution >= 0.6 is 11.8 Å². The fraction of sp³-hybridized carbons (Fsp3) is 0.250. The van der Waals surface area contributed by atoms with Crippen LogP contribution in [0.5, 0.6) is 0 Å². The predicted octanol–water partition coefficient (Wildman–Crippen LogP) is 4.07. The van der Waals surface area contributed by atoms with Crippen LogP contribution in [-0.4, -0.2) is 35.2 Å². The van der Waals surface area contributed by atoms with Gasteiger partial charge in [0.15, 0.2) is 5.17 Å². The molecule has 2 aliphatic rings. The lowest BCUT2D eigenvalue weighted by Gasteiger charge is -2.33. The van der Waals surface area contributed by atoms with Crippen molar-refractivity contribution in [3.05, 3.63) is 69.7 Å². The first-order valence-electron chi connectivity index (χ1n) is 10.4. The number of hydrogen-bond donors (Lipinski definition) is 1. The number of fused-ring (bicyclic) bond motifs is 1. The van der Waals surface area contributed by atoms with E-state index in [4.69, 9.17) is 19.6 Å². The van der Waals surface area contributed by atoms with Crippen molar-refractivity contribution in [1.29, 1.82) is 5.26 Å². The minimum Gasteiger partial charge on any atom is -0.465 e. The molecule has 0 amide bonds. The van der Waals surface area contributed by atoms with Crippen LogP contribution in [0.25, 0.3) is 11.3 Å². The van der Waals surface area contributed by atoms with Gasteiger partial charge in [-0.05, 0) is 56.8 Å². The Labute approximate surface area is 200 Å². The average Bonchev–Trinajstić information content (AvgIpc) is 3.42. The van der Waals surface area contributed by atoms with Crippen molar-refractivity contribution in [2.24, 2.45) is 10.7 Å². The predicted molar refractivity (Wildman–Crippen MR) is 126 cm³/mol. The lowest BCUT2D eigenvalue weighted by atomic mass is 9.99. The molecule has 174 valence electrons. The van der Waals surface area contributed by atoms with E-state index in [-0.39, 0.29) is 17.5 Å². The Morgan fingerprint density at radius 1 is 1.21 bits per heavy atom. The lowest BCUT2D eigenvalue weighted by molar-refractivity contribution is -0.143. The maximum atomic E-state index is 13.1. The Morgan fingerprint density at radius 2 is 1.91 bits per heavy atom. The molecule has 0 saturated carbocycles. The summed E-state index contributed by atoms with van der Waals surface area (Å²) in [6.45, 7) is 5.24. The normalized spacial score (nSPS) is 17.5. The zero-order valence-electron chi connectivity index (χ0n) is 19.0. The van der Waals surface area contributed by atoms with E-state index in [1.165, 1.54) is 7.11 Å². The summed E-state index contributed by atoms with van der Waals surface area (Å²) < 4.78 is 16.4. The molecule has 2 aliphatic heterocycles. The smallest absolute Gasteiger partial charge is 0.338 e. The molecule has 1 aromatic heterocycles. The number of carbonyl (C=O) groups excluding carboxylic acids is 2. The van der Waals surface area contributed by atoms with E-state index in [0.717, 1.165) is 17.3 Å². The number of ether oxygens (including phenoxy) is 2. The minimum atomic E-state index is -0.764. The summed E-state index contributed by atoms with van der Waals surface area (Å²) in [5.74, 6) is 0.177. The number of nitrogens with two attached hydrogens (primary N) is 1. The summed E-state index contributed by atoms with van der Waals surface area (Å²) in [6, 6.07) is 11.6. The molecule has 0 unspecified atom stereocenters. The summed E-state index contributed by atoms with van der Waals surface area (Å²) in [7, 11) is 1.32.